The second kappa shape index (κ2) is 6.68. The first-order valence-corrected chi connectivity index (χ1v) is 7.43. The maximum atomic E-state index is 11.3. The number of carbonyl (C=O) groups is 1. The number of nitrogens with one attached hydrogen (secondary N) is 2. The van der Waals surface area contributed by atoms with E-state index in [-0.39, 0.29) is 6.54 Å². The number of anilines is 1. The molecular formula is C16H15ClN4O2. The molecule has 3 N–H and O–H groups in total. The van der Waals surface area contributed by atoms with Crippen LogP contribution in [0.3, 0.4) is 0 Å². The second-order valence-corrected chi connectivity index (χ2v) is 5.39. The van der Waals surface area contributed by atoms with Gasteiger partial charge in [0.05, 0.1) is 12.2 Å². The van der Waals surface area contributed by atoms with Gasteiger partial charge in [0.15, 0.2) is 0 Å². The summed E-state index contributed by atoms with van der Waals surface area (Å²) < 4.78 is 1.84. The highest BCUT2D eigenvalue weighted by atomic mass is 35.5. The van der Waals surface area contributed by atoms with E-state index in [0.29, 0.717) is 23.0 Å². The average molecular weight is 331 g/mol. The molecule has 1 aromatic carbocycles. The summed E-state index contributed by atoms with van der Waals surface area (Å²) in [6, 6.07) is 15.4. The molecule has 118 valence electrons. The molecule has 0 fully saturated rings. The molecule has 23 heavy (non-hydrogen) atoms. The Morgan fingerprint density at radius 1 is 1.17 bits per heavy atom. The smallest absolute Gasteiger partial charge is 0.262 e. The zero-order chi connectivity index (χ0) is 16.2. The number of amides is 1. The van der Waals surface area contributed by atoms with Crippen LogP contribution < -0.4 is 10.8 Å². The van der Waals surface area contributed by atoms with E-state index in [4.69, 9.17) is 16.8 Å². The minimum absolute atomic E-state index is 0.0835. The van der Waals surface area contributed by atoms with E-state index in [9.17, 15) is 4.79 Å². The van der Waals surface area contributed by atoms with Crippen molar-refractivity contribution in [1.29, 1.82) is 0 Å². The van der Waals surface area contributed by atoms with E-state index >= 15 is 0 Å². The van der Waals surface area contributed by atoms with Crippen molar-refractivity contribution in [1.82, 2.24) is 14.9 Å². The molecule has 0 aliphatic carbocycles. The highest BCUT2D eigenvalue weighted by Gasteiger charge is 2.15. The molecule has 2 aromatic heterocycles. The number of pyridine rings is 1. The first-order valence-electron chi connectivity index (χ1n) is 7.05. The van der Waals surface area contributed by atoms with Gasteiger partial charge in [-0.25, -0.2) is 10.5 Å². The summed E-state index contributed by atoms with van der Waals surface area (Å²) in [5.41, 5.74) is 4.23. The summed E-state index contributed by atoms with van der Waals surface area (Å²) in [4.78, 5) is 15.7. The van der Waals surface area contributed by atoms with E-state index in [1.807, 2.05) is 46.9 Å². The number of halogens is 1. The zero-order valence-corrected chi connectivity index (χ0v) is 12.9. The van der Waals surface area contributed by atoms with Gasteiger partial charge < -0.3 is 5.32 Å². The fourth-order valence-corrected chi connectivity index (χ4v) is 2.67. The van der Waals surface area contributed by atoms with Crippen LogP contribution in [-0.4, -0.2) is 27.0 Å². The number of hydrogen-bond acceptors (Lipinski definition) is 4. The van der Waals surface area contributed by atoms with Crippen molar-refractivity contribution >= 4 is 29.0 Å². The molecule has 3 aromatic rings. The molecule has 0 aliphatic heterocycles. The number of carbonyl (C=O) groups excluding carboxylic acids is 1. The van der Waals surface area contributed by atoms with Gasteiger partial charge in [-0.3, -0.25) is 14.4 Å². The van der Waals surface area contributed by atoms with Crippen molar-refractivity contribution in [3.8, 4) is 0 Å². The van der Waals surface area contributed by atoms with Crippen LogP contribution in [0.4, 0.5) is 5.82 Å². The lowest BCUT2D eigenvalue weighted by molar-refractivity contribution is -0.127. The molecule has 0 radical (unpaired) electrons. The molecular weight excluding hydrogens is 316 g/mol. The predicted molar refractivity (Wildman–Crippen MR) is 87.9 cm³/mol. The number of nitrogens with zero attached hydrogens (tertiary/aromatic N) is 2. The van der Waals surface area contributed by atoms with Gasteiger partial charge in [0.1, 0.15) is 16.6 Å². The van der Waals surface area contributed by atoms with Crippen molar-refractivity contribution in [3.05, 3.63) is 64.9 Å². The lowest BCUT2D eigenvalue weighted by Crippen LogP contribution is -2.27. The fraction of sp³-hybridized carbons (Fsp3) is 0.125. The Kier molecular flexibility index (Phi) is 4.45. The summed E-state index contributed by atoms with van der Waals surface area (Å²) in [6.07, 6.45) is 0.606. The quantitative estimate of drug-likeness (QED) is 0.381. The molecule has 0 spiro atoms. The van der Waals surface area contributed by atoms with E-state index < -0.39 is 5.91 Å². The third-order valence-corrected chi connectivity index (χ3v) is 3.74. The molecule has 7 heteroatoms. The SMILES string of the molecule is O=C(CNc1nc2cccc(Cl)n2c1Cc1ccccc1)NO. The number of benzene rings is 1. The summed E-state index contributed by atoms with van der Waals surface area (Å²) >= 11 is 6.31. The van der Waals surface area contributed by atoms with Crippen LogP contribution >= 0.6 is 11.6 Å². The lowest BCUT2D eigenvalue weighted by Gasteiger charge is -2.08. The van der Waals surface area contributed by atoms with E-state index in [2.05, 4.69) is 10.3 Å². The molecule has 0 bridgehead atoms. The molecule has 1 amide bonds. The Hall–Kier alpha value is -2.57. The number of fused-ring (bicyclic) bond motifs is 1. The highest BCUT2D eigenvalue weighted by Crippen LogP contribution is 2.24. The summed E-state index contributed by atoms with van der Waals surface area (Å²) in [6.45, 7) is -0.0835. The van der Waals surface area contributed by atoms with Crippen LogP contribution in [0.25, 0.3) is 5.65 Å². The number of imidazole rings is 1. The minimum Gasteiger partial charge on any atom is -0.359 e. The van der Waals surface area contributed by atoms with Crippen molar-refractivity contribution in [2.75, 3.05) is 11.9 Å². The van der Waals surface area contributed by atoms with E-state index in [1.165, 1.54) is 0 Å². The van der Waals surface area contributed by atoms with Gasteiger partial charge in [-0.05, 0) is 17.7 Å². The predicted octanol–water partition coefficient (Wildman–Crippen LogP) is 2.50. The van der Waals surface area contributed by atoms with Crippen molar-refractivity contribution in [2.45, 2.75) is 6.42 Å². The van der Waals surface area contributed by atoms with Gasteiger partial charge in [-0.2, -0.15) is 0 Å². The van der Waals surface area contributed by atoms with Crippen molar-refractivity contribution < 1.29 is 10.0 Å². The number of hydrogen-bond donors (Lipinski definition) is 3. The Bertz CT molecular complexity index is 833. The monoisotopic (exact) mass is 330 g/mol. The van der Waals surface area contributed by atoms with Crippen LogP contribution in [0.1, 0.15) is 11.3 Å². The largest absolute Gasteiger partial charge is 0.359 e. The van der Waals surface area contributed by atoms with Gasteiger partial charge in [-0.1, -0.05) is 48.0 Å². The Labute approximate surface area is 137 Å². The molecule has 0 unspecified atom stereocenters. The third kappa shape index (κ3) is 3.28. The molecule has 0 saturated heterocycles. The first kappa shape index (κ1) is 15.3. The number of rotatable bonds is 5. The Morgan fingerprint density at radius 2 is 1.96 bits per heavy atom. The second-order valence-electron chi connectivity index (χ2n) is 5.00. The summed E-state index contributed by atoms with van der Waals surface area (Å²) in [5.74, 6) is 0.0179. The average Bonchev–Trinajstić information content (AvgIpc) is 2.92. The van der Waals surface area contributed by atoms with Crippen LogP contribution in [0, 0.1) is 0 Å². The van der Waals surface area contributed by atoms with E-state index in [0.717, 1.165) is 11.3 Å². The van der Waals surface area contributed by atoms with Crippen LogP contribution in [0.15, 0.2) is 48.5 Å². The van der Waals surface area contributed by atoms with Gasteiger partial charge in [0.2, 0.25) is 0 Å². The van der Waals surface area contributed by atoms with Gasteiger partial charge in [0, 0.05) is 6.42 Å². The van der Waals surface area contributed by atoms with E-state index in [1.54, 1.807) is 11.5 Å². The zero-order valence-electron chi connectivity index (χ0n) is 12.2. The minimum atomic E-state index is -0.543. The van der Waals surface area contributed by atoms with Crippen LogP contribution in [-0.2, 0) is 11.2 Å². The fourth-order valence-electron chi connectivity index (χ4n) is 2.41. The standard InChI is InChI=1S/C16H15ClN4O2/c17-13-7-4-8-14-19-16(18-10-15(22)20-23)12(21(13)14)9-11-5-2-1-3-6-11/h1-8,18,23H,9-10H2,(H,20,22). The number of aromatic nitrogens is 2. The maximum absolute atomic E-state index is 11.3. The molecule has 0 saturated carbocycles. The Morgan fingerprint density at radius 3 is 2.70 bits per heavy atom. The third-order valence-electron chi connectivity index (χ3n) is 3.45. The summed E-state index contributed by atoms with van der Waals surface area (Å²) in [7, 11) is 0. The summed E-state index contributed by atoms with van der Waals surface area (Å²) in [5, 5.41) is 12.1. The van der Waals surface area contributed by atoms with Crippen molar-refractivity contribution in [3.63, 3.8) is 0 Å². The lowest BCUT2D eigenvalue weighted by atomic mass is 10.1. The topological polar surface area (TPSA) is 78.7 Å². The van der Waals surface area contributed by atoms with Crippen LogP contribution in [0.5, 0.6) is 0 Å². The highest BCUT2D eigenvalue weighted by molar-refractivity contribution is 6.29. The molecule has 0 aliphatic rings. The van der Waals surface area contributed by atoms with Gasteiger partial charge >= 0.3 is 0 Å². The normalized spacial score (nSPS) is 10.7. The van der Waals surface area contributed by atoms with Crippen molar-refractivity contribution in [2.24, 2.45) is 0 Å². The first-order chi connectivity index (χ1) is 11.2. The molecule has 3 rings (SSSR count). The van der Waals surface area contributed by atoms with Crippen LogP contribution in [0.2, 0.25) is 5.15 Å². The number of hydroxylamine groups is 1. The van der Waals surface area contributed by atoms with Gasteiger partial charge in [0.25, 0.3) is 5.91 Å². The Balaban J connectivity index is 2.02. The molecule has 2 heterocycles. The molecule has 6 nitrogen and oxygen atoms in total. The molecule has 0 atom stereocenters. The van der Waals surface area contributed by atoms with Gasteiger partial charge in [-0.15, -0.1) is 0 Å². The maximum Gasteiger partial charge on any atom is 0.262 e.